The van der Waals surface area contributed by atoms with Crippen molar-refractivity contribution in [1.82, 2.24) is 13.9 Å². The van der Waals surface area contributed by atoms with Crippen molar-refractivity contribution in [1.29, 1.82) is 0 Å². The van der Waals surface area contributed by atoms with Crippen LogP contribution < -0.4 is 5.32 Å². The third-order valence-electron chi connectivity index (χ3n) is 3.84. The number of rotatable bonds is 3. The van der Waals surface area contributed by atoms with Crippen LogP contribution in [0, 0.1) is 5.92 Å². The van der Waals surface area contributed by atoms with Crippen LogP contribution in [0.4, 0.5) is 0 Å². The summed E-state index contributed by atoms with van der Waals surface area (Å²) in [6, 6.07) is 0. The van der Waals surface area contributed by atoms with Gasteiger partial charge in [0.1, 0.15) is 6.10 Å². The molecule has 1 N–H and O–H groups in total. The number of piperidine rings is 1. The second-order valence-corrected chi connectivity index (χ2v) is 7.35. The van der Waals surface area contributed by atoms with Gasteiger partial charge in [-0.05, 0) is 18.8 Å². The molecule has 0 aromatic carbocycles. The molecule has 2 aliphatic heterocycles. The van der Waals surface area contributed by atoms with Crippen molar-refractivity contribution < 1.29 is 17.9 Å². The van der Waals surface area contributed by atoms with Gasteiger partial charge in [0.15, 0.2) is 0 Å². The summed E-state index contributed by atoms with van der Waals surface area (Å²) in [6.45, 7) is 0.824. The number of hydrogen-bond donors (Lipinski definition) is 1. The molecule has 1 amide bonds. The van der Waals surface area contributed by atoms with Crippen LogP contribution in [0.15, 0.2) is 0 Å². The Balaban J connectivity index is 2.04. The molecule has 110 valence electrons. The molecule has 0 radical (unpaired) electrons. The fraction of sp³-hybridized carbons (Fsp3) is 0.909. The molecule has 0 aromatic heterocycles. The van der Waals surface area contributed by atoms with Crippen molar-refractivity contribution in [3.05, 3.63) is 0 Å². The van der Waals surface area contributed by atoms with E-state index in [-0.39, 0.29) is 17.9 Å². The van der Waals surface area contributed by atoms with Gasteiger partial charge in [0.05, 0.1) is 6.10 Å². The van der Waals surface area contributed by atoms with E-state index in [9.17, 15) is 13.2 Å². The minimum atomic E-state index is -3.40. The van der Waals surface area contributed by atoms with Crippen molar-refractivity contribution >= 4 is 16.1 Å². The van der Waals surface area contributed by atoms with Gasteiger partial charge in [0.2, 0.25) is 5.91 Å². The lowest BCUT2D eigenvalue weighted by atomic mass is 9.93. The van der Waals surface area contributed by atoms with Gasteiger partial charge in [0.25, 0.3) is 10.2 Å². The highest BCUT2D eigenvalue weighted by atomic mass is 32.2. The van der Waals surface area contributed by atoms with E-state index >= 15 is 0 Å². The molecule has 2 rings (SSSR count). The van der Waals surface area contributed by atoms with Crippen molar-refractivity contribution in [3.63, 3.8) is 0 Å². The highest BCUT2D eigenvalue weighted by Gasteiger charge is 2.44. The van der Waals surface area contributed by atoms with Crippen LogP contribution in [0.5, 0.6) is 0 Å². The topological polar surface area (TPSA) is 79.0 Å². The first-order valence-corrected chi connectivity index (χ1v) is 7.80. The molecule has 0 unspecified atom stereocenters. The van der Waals surface area contributed by atoms with Crippen molar-refractivity contribution in [2.75, 3.05) is 34.2 Å². The van der Waals surface area contributed by atoms with Gasteiger partial charge in [-0.15, -0.1) is 0 Å². The normalized spacial score (nSPS) is 32.3. The Bertz CT molecular complexity index is 451. The summed E-state index contributed by atoms with van der Waals surface area (Å²) in [7, 11) is 1.22. The molecule has 0 spiro atoms. The lowest BCUT2D eigenvalue weighted by molar-refractivity contribution is -0.131. The van der Waals surface area contributed by atoms with Gasteiger partial charge in [-0.3, -0.25) is 4.79 Å². The van der Waals surface area contributed by atoms with E-state index in [1.807, 2.05) is 0 Å². The number of nitrogens with zero attached hydrogens (tertiary/aromatic N) is 2. The maximum atomic E-state index is 12.1. The monoisotopic (exact) mass is 291 g/mol. The minimum absolute atomic E-state index is 0.128. The molecule has 8 heteroatoms. The molecular weight excluding hydrogens is 270 g/mol. The van der Waals surface area contributed by atoms with E-state index in [0.29, 0.717) is 19.5 Å². The molecule has 19 heavy (non-hydrogen) atoms. The Morgan fingerprint density at radius 3 is 2.68 bits per heavy atom. The molecule has 2 fully saturated rings. The van der Waals surface area contributed by atoms with Gasteiger partial charge >= 0.3 is 0 Å². The quantitative estimate of drug-likeness (QED) is 0.725. The zero-order valence-electron chi connectivity index (χ0n) is 11.5. The van der Waals surface area contributed by atoms with E-state index in [2.05, 4.69) is 5.32 Å². The molecule has 0 aliphatic carbocycles. The largest absolute Gasteiger partial charge is 0.363 e. The number of hydrogen-bond acceptors (Lipinski definition) is 4. The molecule has 3 atom stereocenters. The standard InChI is InChI=1S/C11H21N3O4S/c1-12-11(15)9-6-8-4-5-14(7-10(8)18-9)19(16,17)13(2)3/h8-10H,4-7H2,1-3H3,(H,12,15)/t8-,9-,10-/m1/s1. The predicted octanol–water partition coefficient (Wildman–Crippen LogP) is -0.982. The summed E-state index contributed by atoms with van der Waals surface area (Å²) >= 11 is 0. The zero-order chi connectivity index (χ0) is 14.2. The number of carbonyl (C=O) groups is 1. The molecule has 0 aromatic rings. The Labute approximate surface area is 114 Å². The van der Waals surface area contributed by atoms with E-state index < -0.39 is 16.3 Å². The first-order valence-electron chi connectivity index (χ1n) is 6.41. The van der Waals surface area contributed by atoms with E-state index in [4.69, 9.17) is 4.74 Å². The van der Waals surface area contributed by atoms with Crippen molar-refractivity contribution in [3.8, 4) is 0 Å². The lowest BCUT2D eigenvalue weighted by Gasteiger charge is -2.34. The molecular formula is C11H21N3O4S. The maximum absolute atomic E-state index is 12.1. The molecule has 0 bridgehead atoms. The zero-order valence-corrected chi connectivity index (χ0v) is 12.3. The number of amides is 1. The van der Waals surface area contributed by atoms with Crippen LogP contribution >= 0.6 is 0 Å². The summed E-state index contributed by atoms with van der Waals surface area (Å²) in [5, 5.41) is 2.57. The SMILES string of the molecule is CNC(=O)[C@H]1C[C@H]2CCN(S(=O)(=O)N(C)C)C[C@H]2O1. The van der Waals surface area contributed by atoms with Crippen LogP contribution in [0.1, 0.15) is 12.8 Å². The third kappa shape index (κ3) is 2.76. The van der Waals surface area contributed by atoms with E-state index in [1.165, 1.54) is 22.7 Å². The Kier molecular flexibility index (Phi) is 4.14. The smallest absolute Gasteiger partial charge is 0.281 e. The first-order chi connectivity index (χ1) is 8.86. The molecule has 2 heterocycles. The average Bonchev–Trinajstić information content (AvgIpc) is 2.80. The van der Waals surface area contributed by atoms with Gasteiger partial charge in [-0.1, -0.05) is 0 Å². The van der Waals surface area contributed by atoms with Crippen molar-refractivity contribution in [2.24, 2.45) is 5.92 Å². The van der Waals surface area contributed by atoms with Gasteiger partial charge in [-0.2, -0.15) is 17.0 Å². The number of carbonyl (C=O) groups excluding carboxylic acids is 1. The van der Waals surface area contributed by atoms with Crippen molar-refractivity contribution in [2.45, 2.75) is 25.0 Å². The Morgan fingerprint density at radius 1 is 1.42 bits per heavy atom. The molecule has 7 nitrogen and oxygen atoms in total. The van der Waals surface area contributed by atoms with Crippen LogP contribution in [0.2, 0.25) is 0 Å². The fourth-order valence-corrected chi connectivity index (χ4v) is 3.81. The average molecular weight is 291 g/mol. The third-order valence-corrected chi connectivity index (χ3v) is 5.75. The molecule has 2 aliphatic rings. The highest BCUT2D eigenvalue weighted by molar-refractivity contribution is 7.86. The number of likely N-dealkylation sites (N-methyl/N-ethyl adjacent to an activating group) is 1. The summed E-state index contributed by atoms with van der Waals surface area (Å²) in [6.07, 6.45) is 0.804. The number of fused-ring (bicyclic) bond motifs is 1. The summed E-state index contributed by atoms with van der Waals surface area (Å²) < 4.78 is 32.4. The van der Waals surface area contributed by atoms with E-state index in [0.717, 1.165) is 6.42 Å². The lowest BCUT2D eigenvalue weighted by Crippen LogP contribution is -2.49. The second kappa shape index (κ2) is 5.35. The predicted molar refractivity (Wildman–Crippen MR) is 69.6 cm³/mol. The molecule has 2 saturated heterocycles. The van der Waals surface area contributed by atoms with E-state index in [1.54, 1.807) is 7.05 Å². The minimum Gasteiger partial charge on any atom is -0.363 e. The summed E-state index contributed by atoms with van der Waals surface area (Å²) in [4.78, 5) is 11.6. The second-order valence-electron chi connectivity index (χ2n) is 5.21. The summed E-state index contributed by atoms with van der Waals surface area (Å²) in [5.74, 6) is 0.146. The van der Waals surface area contributed by atoms with Crippen LogP contribution in [-0.4, -0.2) is 69.4 Å². The van der Waals surface area contributed by atoms with Crippen LogP contribution in [0.3, 0.4) is 0 Å². The van der Waals surface area contributed by atoms with Gasteiger partial charge in [0, 0.05) is 34.2 Å². The molecule has 0 saturated carbocycles. The highest BCUT2D eigenvalue weighted by Crippen LogP contribution is 2.34. The number of ether oxygens (including phenoxy) is 1. The Hall–Kier alpha value is -0.700. The number of nitrogens with one attached hydrogen (secondary N) is 1. The van der Waals surface area contributed by atoms with Crippen LogP contribution in [0.25, 0.3) is 0 Å². The van der Waals surface area contributed by atoms with Gasteiger partial charge < -0.3 is 10.1 Å². The maximum Gasteiger partial charge on any atom is 0.281 e. The van der Waals surface area contributed by atoms with Gasteiger partial charge in [-0.25, -0.2) is 0 Å². The first kappa shape index (κ1) is 14.7. The Morgan fingerprint density at radius 2 is 2.11 bits per heavy atom. The van der Waals surface area contributed by atoms with Crippen LogP contribution in [-0.2, 0) is 19.7 Å². The fourth-order valence-electron chi connectivity index (χ4n) is 2.67. The summed E-state index contributed by atoms with van der Waals surface area (Å²) in [5.41, 5.74) is 0.